The molecule has 2 unspecified atom stereocenters. The molecular formula is C10H17NO4. The van der Waals surface area contributed by atoms with Gasteiger partial charge in [-0.15, -0.1) is 0 Å². The molecule has 2 atom stereocenters. The van der Waals surface area contributed by atoms with Gasteiger partial charge in [0, 0.05) is 6.61 Å². The lowest BCUT2D eigenvalue weighted by molar-refractivity contribution is -0.141. The van der Waals surface area contributed by atoms with Crippen molar-refractivity contribution in [3.05, 3.63) is 0 Å². The van der Waals surface area contributed by atoms with E-state index in [0.29, 0.717) is 6.61 Å². The van der Waals surface area contributed by atoms with E-state index in [1.165, 1.54) is 6.92 Å². The number of carboxylic acids is 1. The fourth-order valence-corrected chi connectivity index (χ4v) is 1.54. The predicted molar refractivity (Wildman–Crippen MR) is 53.4 cm³/mol. The van der Waals surface area contributed by atoms with Gasteiger partial charge in [0.2, 0.25) is 5.91 Å². The van der Waals surface area contributed by atoms with Gasteiger partial charge in [-0.3, -0.25) is 9.59 Å². The molecule has 1 heterocycles. The number of rotatable bonds is 4. The van der Waals surface area contributed by atoms with Gasteiger partial charge in [-0.05, 0) is 26.2 Å². The van der Waals surface area contributed by atoms with E-state index in [2.05, 4.69) is 5.32 Å². The molecule has 1 aliphatic rings. The number of nitrogens with one attached hydrogen (secondary N) is 1. The minimum absolute atomic E-state index is 0.0419. The van der Waals surface area contributed by atoms with Crippen molar-refractivity contribution in [2.75, 3.05) is 6.61 Å². The number of hydrogen-bond donors (Lipinski definition) is 2. The summed E-state index contributed by atoms with van der Waals surface area (Å²) in [4.78, 5) is 21.9. The highest BCUT2D eigenvalue weighted by Gasteiger charge is 2.20. The third kappa shape index (κ3) is 4.29. The molecule has 0 aliphatic carbocycles. The minimum Gasteiger partial charge on any atom is -0.480 e. The molecule has 15 heavy (non-hydrogen) atoms. The summed E-state index contributed by atoms with van der Waals surface area (Å²) in [6.45, 7) is 2.15. The Morgan fingerprint density at radius 3 is 2.80 bits per heavy atom. The molecule has 0 spiro atoms. The summed E-state index contributed by atoms with van der Waals surface area (Å²) >= 11 is 0. The molecule has 0 bridgehead atoms. The molecule has 0 saturated carbocycles. The van der Waals surface area contributed by atoms with Crippen molar-refractivity contribution in [3.8, 4) is 0 Å². The van der Waals surface area contributed by atoms with Crippen molar-refractivity contribution < 1.29 is 19.4 Å². The van der Waals surface area contributed by atoms with E-state index in [4.69, 9.17) is 9.84 Å². The lowest BCUT2D eigenvalue weighted by atomic mass is 10.1. The van der Waals surface area contributed by atoms with E-state index in [0.717, 1.165) is 19.3 Å². The zero-order valence-corrected chi connectivity index (χ0v) is 8.86. The monoisotopic (exact) mass is 215 g/mol. The number of amides is 1. The van der Waals surface area contributed by atoms with Crippen molar-refractivity contribution >= 4 is 11.9 Å². The van der Waals surface area contributed by atoms with Crippen LogP contribution in [0, 0.1) is 0 Å². The van der Waals surface area contributed by atoms with Crippen molar-refractivity contribution in [3.63, 3.8) is 0 Å². The summed E-state index contributed by atoms with van der Waals surface area (Å²) in [5.41, 5.74) is 0. The second-order valence-corrected chi connectivity index (χ2v) is 3.82. The van der Waals surface area contributed by atoms with Crippen LogP contribution in [0.2, 0.25) is 0 Å². The Bertz CT molecular complexity index is 236. The van der Waals surface area contributed by atoms with Crippen LogP contribution in [0.25, 0.3) is 0 Å². The molecule has 86 valence electrons. The fourth-order valence-electron chi connectivity index (χ4n) is 1.54. The molecule has 1 saturated heterocycles. The summed E-state index contributed by atoms with van der Waals surface area (Å²) < 4.78 is 5.38. The smallest absolute Gasteiger partial charge is 0.325 e. The van der Waals surface area contributed by atoms with Gasteiger partial charge in [0.15, 0.2) is 0 Å². The summed E-state index contributed by atoms with van der Waals surface area (Å²) in [6, 6.07) is -0.832. The third-order valence-electron chi connectivity index (χ3n) is 2.43. The van der Waals surface area contributed by atoms with Crippen LogP contribution in [-0.2, 0) is 14.3 Å². The van der Waals surface area contributed by atoms with Crippen molar-refractivity contribution in [2.24, 2.45) is 0 Å². The molecule has 0 aromatic heterocycles. The average Bonchev–Trinajstić information content (AvgIpc) is 2.18. The minimum atomic E-state index is -1.02. The number of carbonyl (C=O) groups excluding carboxylic acids is 1. The van der Waals surface area contributed by atoms with Crippen molar-refractivity contribution in [1.29, 1.82) is 0 Å². The molecule has 5 nitrogen and oxygen atoms in total. The van der Waals surface area contributed by atoms with Crippen molar-refractivity contribution in [1.82, 2.24) is 5.32 Å². The lowest BCUT2D eigenvalue weighted by Crippen LogP contribution is -2.40. The van der Waals surface area contributed by atoms with Gasteiger partial charge >= 0.3 is 5.97 Å². The normalized spacial score (nSPS) is 23.1. The van der Waals surface area contributed by atoms with E-state index >= 15 is 0 Å². The molecule has 0 aromatic carbocycles. The Morgan fingerprint density at radius 2 is 2.27 bits per heavy atom. The molecule has 1 rings (SSSR count). The van der Waals surface area contributed by atoms with E-state index < -0.39 is 12.0 Å². The molecule has 1 amide bonds. The second kappa shape index (κ2) is 5.70. The maximum Gasteiger partial charge on any atom is 0.325 e. The van der Waals surface area contributed by atoms with Crippen LogP contribution >= 0.6 is 0 Å². The highest BCUT2D eigenvalue weighted by Crippen LogP contribution is 2.15. The molecule has 0 radical (unpaired) electrons. The Morgan fingerprint density at radius 1 is 1.53 bits per heavy atom. The second-order valence-electron chi connectivity index (χ2n) is 3.82. The zero-order chi connectivity index (χ0) is 11.3. The van der Waals surface area contributed by atoms with Crippen LogP contribution in [0.4, 0.5) is 0 Å². The third-order valence-corrected chi connectivity index (χ3v) is 2.43. The van der Waals surface area contributed by atoms with Crippen molar-refractivity contribution in [2.45, 2.75) is 44.8 Å². The van der Waals surface area contributed by atoms with Crippen LogP contribution in [0.15, 0.2) is 0 Å². The van der Waals surface area contributed by atoms with E-state index in [-0.39, 0.29) is 18.4 Å². The zero-order valence-electron chi connectivity index (χ0n) is 8.86. The van der Waals surface area contributed by atoms with Crippen LogP contribution < -0.4 is 5.32 Å². The van der Waals surface area contributed by atoms with Gasteiger partial charge in [0.25, 0.3) is 0 Å². The standard InChI is InChI=1S/C10H17NO4/c1-7(10(13)14)11-9(12)6-8-4-2-3-5-15-8/h7-8H,2-6H2,1H3,(H,11,12)(H,13,14). The number of hydrogen-bond acceptors (Lipinski definition) is 3. The van der Waals surface area contributed by atoms with Crippen LogP contribution in [0.1, 0.15) is 32.6 Å². The van der Waals surface area contributed by atoms with E-state index in [1.54, 1.807) is 0 Å². The quantitative estimate of drug-likeness (QED) is 0.717. The molecule has 0 aromatic rings. The number of aliphatic carboxylic acids is 1. The van der Waals surface area contributed by atoms with Crippen LogP contribution in [-0.4, -0.2) is 35.7 Å². The molecule has 1 fully saturated rings. The maximum atomic E-state index is 11.4. The summed E-state index contributed by atoms with van der Waals surface area (Å²) in [5.74, 6) is -1.27. The lowest BCUT2D eigenvalue weighted by Gasteiger charge is -2.22. The first kappa shape index (κ1) is 12.0. The first-order valence-electron chi connectivity index (χ1n) is 5.23. The van der Waals surface area contributed by atoms with Gasteiger partial charge in [0.05, 0.1) is 12.5 Å². The number of ether oxygens (including phenoxy) is 1. The summed E-state index contributed by atoms with van der Waals surface area (Å²) in [5, 5.41) is 11.0. The maximum absolute atomic E-state index is 11.4. The summed E-state index contributed by atoms with van der Waals surface area (Å²) in [6.07, 6.45) is 3.22. The highest BCUT2D eigenvalue weighted by atomic mass is 16.5. The highest BCUT2D eigenvalue weighted by molar-refractivity contribution is 5.83. The Balaban J connectivity index is 2.25. The van der Waals surface area contributed by atoms with E-state index in [9.17, 15) is 9.59 Å². The van der Waals surface area contributed by atoms with Gasteiger partial charge < -0.3 is 15.2 Å². The Labute approximate surface area is 88.8 Å². The number of carbonyl (C=O) groups is 2. The largest absolute Gasteiger partial charge is 0.480 e. The van der Waals surface area contributed by atoms with Gasteiger partial charge in [-0.2, -0.15) is 0 Å². The Hall–Kier alpha value is -1.10. The first-order chi connectivity index (χ1) is 7.09. The molecule has 1 aliphatic heterocycles. The summed E-state index contributed by atoms with van der Waals surface area (Å²) in [7, 11) is 0. The molecule has 5 heteroatoms. The molecular weight excluding hydrogens is 198 g/mol. The van der Waals surface area contributed by atoms with E-state index in [1.807, 2.05) is 0 Å². The van der Waals surface area contributed by atoms with Gasteiger partial charge in [-0.1, -0.05) is 0 Å². The SMILES string of the molecule is CC(NC(=O)CC1CCCCO1)C(=O)O. The van der Waals surface area contributed by atoms with Gasteiger partial charge in [0.1, 0.15) is 6.04 Å². The van der Waals surface area contributed by atoms with Crippen LogP contribution in [0.3, 0.4) is 0 Å². The average molecular weight is 215 g/mol. The first-order valence-corrected chi connectivity index (χ1v) is 5.23. The molecule has 2 N–H and O–H groups in total. The van der Waals surface area contributed by atoms with Crippen LogP contribution in [0.5, 0.6) is 0 Å². The Kier molecular flexibility index (Phi) is 4.55. The number of carboxylic acid groups (broad SMARTS) is 1. The predicted octanol–water partition coefficient (Wildman–Crippen LogP) is 0.535. The van der Waals surface area contributed by atoms with Gasteiger partial charge in [-0.25, -0.2) is 0 Å². The topological polar surface area (TPSA) is 75.6 Å². The fraction of sp³-hybridized carbons (Fsp3) is 0.800.